The molecule has 2 aromatic carbocycles. The summed E-state index contributed by atoms with van der Waals surface area (Å²) >= 11 is 1.57. The van der Waals surface area contributed by atoms with E-state index in [1.807, 2.05) is 6.26 Å². The Morgan fingerprint density at radius 1 is 1.16 bits per heavy atom. The predicted octanol–water partition coefficient (Wildman–Crippen LogP) is 4.20. The van der Waals surface area contributed by atoms with Crippen molar-refractivity contribution >= 4 is 17.7 Å². The Labute approximate surface area is 148 Å². The molecule has 0 aliphatic rings. The Kier molecular flexibility index (Phi) is 6.54. The molecule has 0 heterocycles. The van der Waals surface area contributed by atoms with Crippen LogP contribution in [0.2, 0.25) is 0 Å². The molecular weight excluding hydrogens is 347 g/mol. The summed E-state index contributed by atoms with van der Waals surface area (Å²) in [5.74, 6) is 5.06. The number of hydrogen-bond donors (Lipinski definition) is 1. The van der Waals surface area contributed by atoms with Crippen LogP contribution in [0.3, 0.4) is 0 Å². The minimum atomic E-state index is -4.51. The van der Waals surface area contributed by atoms with Gasteiger partial charge in [0.1, 0.15) is 0 Å². The van der Waals surface area contributed by atoms with Gasteiger partial charge in [-0.05, 0) is 29.5 Å². The van der Waals surface area contributed by atoms with Gasteiger partial charge in [0, 0.05) is 23.8 Å². The number of benzene rings is 2. The van der Waals surface area contributed by atoms with Crippen LogP contribution in [0.1, 0.15) is 11.1 Å². The van der Waals surface area contributed by atoms with Crippen molar-refractivity contribution in [1.29, 1.82) is 0 Å². The average Bonchev–Trinajstić information content (AvgIpc) is 2.60. The van der Waals surface area contributed by atoms with E-state index in [4.69, 9.17) is 0 Å². The fourth-order valence-corrected chi connectivity index (χ4v) is 2.47. The van der Waals surface area contributed by atoms with Crippen molar-refractivity contribution in [2.45, 2.75) is 6.18 Å². The molecule has 1 amide bonds. The van der Waals surface area contributed by atoms with Crippen LogP contribution in [0, 0.1) is 11.8 Å². The lowest BCUT2D eigenvalue weighted by atomic mass is 9.97. The average molecular weight is 363 g/mol. The molecule has 0 atom stereocenters. The monoisotopic (exact) mass is 363 g/mol. The second-order valence-electron chi connectivity index (χ2n) is 5.12. The number of alkyl halides is 3. The Hall–Kier alpha value is -2.39. The SMILES string of the molecule is CSCCNC(=O)C#Cc1ccc(-c2ccccc2)c(C(F)(F)F)c1. The number of carbonyl (C=O) groups is 1. The molecule has 2 rings (SSSR count). The summed E-state index contributed by atoms with van der Waals surface area (Å²) in [6.07, 6.45) is -2.60. The summed E-state index contributed by atoms with van der Waals surface area (Å²) in [6, 6.07) is 12.2. The van der Waals surface area contributed by atoms with Crippen LogP contribution in [0.5, 0.6) is 0 Å². The highest BCUT2D eigenvalue weighted by atomic mass is 32.2. The summed E-state index contributed by atoms with van der Waals surface area (Å²) < 4.78 is 40.2. The smallest absolute Gasteiger partial charge is 0.344 e. The van der Waals surface area contributed by atoms with E-state index in [0.29, 0.717) is 12.1 Å². The zero-order chi connectivity index (χ0) is 18.3. The highest BCUT2D eigenvalue weighted by Gasteiger charge is 2.33. The van der Waals surface area contributed by atoms with Gasteiger partial charge in [-0.15, -0.1) is 0 Å². The zero-order valence-electron chi connectivity index (χ0n) is 13.5. The molecule has 2 nitrogen and oxygen atoms in total. The lowest BCUT2D eigenvalue weighted by Crippen LogP contribution is -2.23. The van der Waals surface area contributed by atoms with E-state index in [1.54, 1.807) is 42.1 Å². The maximum atomic E-state index is 13.4. The Morgan fingerprint density at radius 2 is 1.88 bits per heavy atom. The van der Waals surface area contributed by atoms with Crippen molar-refractivity contribution in [3.8, 4) is 23.0 Å². The van der Waals surface area contributed by atoms with Crippen LogP contribution in [0.15, 0.2) is 48.5 Å². The number of rotatable bonds is 4. The minimum absolute atomic E-state index is 0.0862. The molecule has 130 valence electrons. The van der Waals surface area contributed by atoms with Crippen molar-refractivity contribution in [3.63, 3.8) is 0 Å². The van der Waals surface area contributed by atoms with E-state index in [1.165, 1.54) is 12.1 Å². The topological polar surface area (TPSA) is 29.1 Å². The van der Waals surface area contributed by atoms with Gasteiger partial charge in [-0.2, -0.15) is 24.9 Å². The lowest BCUT2D eigenvalue weighted by molar-refractivity contribution is -0.137. The van der Waals surface area contributed by atoms with Gasteiger partial charge in [0.15, 0.2) is 0 Å². The van der Waals surface area contributed by atoms with Crippen molar-refractivity contribution in [3.05, 3.63) is 59.7 Å². The van der Waals surface area contributed by atoms with E-state index >= 15 is 0 Å². The standard InChI is InChI=1S/C19H16F3NOS/c1-25-12-11-23-18(24)10-8-14-7-9-16(15-5-3-2-4-6-15)17(13-14)19(20,21)22/h2-7,9,13H,11-12H2,1H3,(H,23,24). The molecule has 2 aromatic rings. The van der Waals surface area contributed by atoms with Gasteiger partial charge in [0.05, 0.1) is 5.56 Å². The molecule has 0 spiro atoms. The summed E-state index contributed by atoms with van der Waals surface area (Å²) in [5, 5.41) is 2.58. The Balaban J connectivity index is 2.30. The molecule has 6 heteroatoms. The molecule has 0 aliphatic carbocycles. The van der Waals surface area contributed by atoms with Gasteiger partial charge in [-0.1, -0.05) is 42.3 Å². The summed E-state index contributed by atoms with van der Waals surface area (Å²) in [4.78, 5) is 11.5. The fraction of sp³-hybridized carbons (Fsp3) is 0.211. The third kappa shape index (κ3) is 5.57. The molecule has 0 saturated heterocycles. The number of halogens is 3. The summed E-state index contributed by atoms with van der Waals surface area (Å²) in [6.45, 7) is 0.468. The van der Waals surface area contributed by atoms with Crippen LogP contribution in [0.25, 0.3) is 11.1 Å². The molecule has 0 aromatic heterocycles. The number of hydrogen-bond acceptors (Lipinski definition) is 2. The third-order valence-electron chi connectivity index (χ3n) is 3.32. The first kappa shape index (κ1) is 18.9. The molecular formula is C19H16F3NOS. The number of thioether (sulfide) groups is 1. The molecule has 0 saturated carbocycles. The first-order valence-electron chi connectivity index (χ1n) is 7.47. The molecule has 0 aliphatic heterocycles. The van der Waals surface area contributed by atoms with Gasteiger partial charge in [0.25, 0.3) is 5.91 Å². The van der Waals surface area contributed by atoms with E-state index in [9.17, 15) is 18.0 Å². The van der Waals surface area contributed by atoms with Crippen molar-refractivity contribution < 1.29 is 18.0 Å². The van der Waals surface area contributed by atoms with Gasteiger partial charge in [0.2, 0.25) is 0 Å². The maximum absolute atomic E-state index is 13.4. The van der Waals surface area contributed by atoms with Crippen LogP contribution in [-0.4, -0.2) is 24.5 Å². The molecule has 0 radical (unpaired) electrons. The van der Waals surface area contributed by atoms with Gasteiger partial charge >= 0.3 is 6.18 Å². The van der Waals surface area contributed by atoms with E-state index in [0.717, 1.165) is 11.8 Å². The fourth-order valence-electron chi connectivity index (χ4n) is 2.17. The highest BCUT2D eigenvalue weighted by Crippen LogP contribution is 2.37. The Morgan fingerprint density at radius 3 is 2.52 bits per heavy atom. The second-order valence-corrected chi connectivity index (χ2v) is 6.11. The number of nitrogens with one attached hydrogen (secondary N) is 1. The number of carbonyl (C=O) groups excluding carboxylic acids is 1. The van der Waals surface area contributed by atoms with Gasteiger partial charge in [-0.25, -0.2) is 0 Å². The van der Waals surface area contributed by atoms with Crippen LogP contribution >= 0.6 is 11.8 Å². The molecule has 0 bridgehead atoms. The minimum Gasteiger partial charge on any atom is -0.344 e. The Bertz CT molecular complexity index is 792. The summed E-state index contributed by atoms with van der Waals surface area (Å²) in [7, 11) is 0. The molecule has 25 heavy (non-hydrogen) atoms. The van der Waals surface area contributed by atoms with E-state index in [2.05, 4.69) is 17.2 Å². The summed E-state index contributed by atoms with van der Waals surface area (Å²) in [5.41, 5.74) is -0.0625. The second kappa shape index (κ2) is 8.63. The normalized spacial score (nSPS) is 10.7. The van der Waals surface area contributed by atoms with Crippen LogP contribution < -0.4 is 5.32 Å². The van der Waals surface area contributed by atoms with E-state index in [-0.39, 0.29) is 11.1 Å². The zero-order valence-corrected chi connectivity index (χ0v) is 14.3. The third-order valence-corrected chi connectivity index (χ3v) is 3.93. The van der Waals surface area contributed by atoms with Crippen molar-refractivity contribution in [2.75, 3.05) is 18.6 Å². The molecule has 0 unspecified atom stereocenters. The highest BCUT2D eigenvalue weighted by molar-refractivity contribution is 7.98. The lowest BCUT2D eigenvalue weighted by Gasteiger charge is -2.13. The van der Waals surface area contributed by atoms with E-state index < -0.39 is 17.6 Å². The van der Waals surface area contributed by atoms with Crippen LogP contribution in [0.4, 0.5) is 13.2 Å². The molecule has 1 N–H and O–H groups in total. The first-order chi connectivity index (χ1) is 11.9. The predicted molar refractivity (Wildman–Crippen MR) is 95.1 cm³/mol. The van der Waals surface area contributed by atoms with Gasteiger partial charge < -0.3 is 5.32 Å². The van der Waals surface area contributed by atoms with Gasteiger partial charge in [-0.3, -0.25) is 4.79 Å². The quantitative estimate of drug-likeness (QED) is 0.651. The van der Waals surface area contributed by atoms with Crippen molar-refractivity contribution in [2.24, 2.45) is 0 Å². The van der Waals surface area contributed by atoms with Crippen molar-refractivity contribution in [1.82, 2.24) is 5.32 Å². The number of amides is 1. The maximum Gasteiger partial charge on any atom is 0.417 e. The largest absolute Gasteiger partial charge is 0.417 e. The van der Waals surface area contributed by atoms with Crippen LogP contribution in [-0.2, 0) is 11.0 Å². The molecule has 0 fully saturated rings. The first-order valence-corrected chi connectivity index (χ1v) is 8.86.